The quantitative estimate of drug-likeness (QED) is 0.234. The average molecular weight is 568 g/mol. The second-order valence-electron chi connectivity index (χ2n) is 10.2. The maximum atomic E-state index is 14.5. The largest absolute Gasteiger partial charge is 0.480 e. The third-order valence-corrected chi connectivity index (χ3v) is 7.14. The van der Waals surface area contributed by atoms with Crippen LogP contribution in [-0.2, 0) is 16.1 Å². The number of fused-ring (bicyclic) bond motifs is 3. The Morgan fingerprint density at radius 1 is 0.905 bits per heavy atom. The van der Waals surface area contributed by atoms with Gasteiger partial charge in [-0.1, -0.05) is 78.9 Å². The number of nitrogens with one attached hydrogen (secondary N) is 2. The van der Waals surface area contributed by atoms with Gasteiger partial charge in [0.2, 0.25) is 0 Å². The average Bonchev–Trinajstić information content (AvgIpc) is 3.29. The second kappa shape index (κ2) is 12.7. The number of aliphatic carboxylic acids is 1. The van der Waals surface area contributed by atoms with Gasteiger partial charge in [0.25, 0.3) is 5.91 Å². The number of rotatable bonds is 10. The van der Waals surface area contributed by atoms with Gasteiger partial charge in [-0.15, -0.1) is 0 Å². The van der Waals surface area contributed by atoms with E-state index in [0.717, 1.165) is 39.9 Å². The third-order valence-electron chi connectivity index (χ3n) is 7.14. The van der Waals surface area contributed by atoms with E-state index in [-0.39, 0.29) is 30.3 Å². The number of carboxylic acids is 1. The predicted molar refractivity (Wildman–Crippen MR) is 157 cm³/mol. The zero-order valence-electron chi connectivity index (χ0n) is 22.9. The fraction of sp³-hybridized carbons (Fsp3) is 0.182. The monoisotopic (exact) mass is 567 g/mol. The summed E-state index contributed by atoms with van der Waals surface area (Å²) in [5.41, 5.74) is 5.15. The number of benzene rings is 4. The van der Waals surface area contributed by atoms with Crippen LogP contribution in [0, 0.1) is 5.82 Å². The molecule has 3 N–H and O–H groups in total. The predicted octanol–water partition coefficient (Wildman–Crippen LogP) is 5.50. The lowest BCUT2D eigenvalue weighted by molar-refractivity contribution is -0.139. The van der Waals surface area contributed by atoms with Crippen LogP contribution in [-0.4, -0.2) is 54.2 Å². The fourth-order valence-electron chi connectivity index (χ4n) is 5.24. The molecule has 0 aromatic heterocycles. The van der Waals surface area contributed by atoms with Gasteiger partial charge in [-0.25, -0.2) is 14.0 Å². The van der Waals surface area contributed by atoms with E-state index in [4.69, 9.17) is 4.74 Å². The van der Waals surface area contributed by atoms with Crippen molar-refractivity contribution in [3.63, 3.8) is 0 Å². The van der Waals surface area contributed by atoms with Crippen molar-refractivity contribution >= 4 is 23.7 Å². The highest BCUT2D eigenvalue weighted by Crippen LogP contribution is 2.44. The topological polar surface area (TPSA) is 108 Å². The van der Waals surface area contributed by atoms with E-state index in [1.54, 1.807) is 11.9 Å². The zero-order chi connectivity index (χ0) is 29.6. The molecular weight excluding hydrogens is 537 g/mol. The number of halogens is 1. The summed E-state index contributed by atoms with van der Waals surface area (Å²) in [4.78, 5) is 39.3. The molecule has 1 unspecified atom stereocenters. The van der Waals surface area contributed by atoms with Gasteiger partial charge in [-0.3, -0.25) is 15.0 Å². The van der Waals surface area contributed by atoms with Crippen molar-refractivity contribution in [3.8, 4) is 11.1 Å². The van der Waals surface area contributed by atoms with Crippen LogP contribution in [0.25, 0.3) is 11.1 Å². The molecule has 0 bridgehead atoms. The lowest BCUT2D eigenvalue weighted by Crippen LogP contribution is -2.47. The van der Waals surface area contributed by atoms with E-state index in [0.29, 0.717) is 6.54 Å². The number of likely N-dealkylation sites (N-methyl/N-ethyl adjacent to an activating group) is 1. The Morgan fingerprint density at radius 3 is 2.17 bits per heavy atom. The molecule has 1 aliphatic rings. The molecule has 214 valence electrons. The zero-order valence-corrected chi connectivity index (χ0v) is 22.9. The number of carbonyl (C=O) groups excluding carboxylic acids is 2. The van der Waals surface area contributed by atoms with E-state index in [2.05, 4.69) is 10.6 Å². The molecule has 0 aliphatic heterocycles. The minimum Gasteiger partial charge on any atom is -0.480 e. The molecule has 4 aromatic carbocycles. The molecule has 1 aliphatic carbocycles. The molecule has 5 rings (SSSR count). The van der Waals surface area contributed by atoms with Gasteiger partial charge >= 0.3 is 12.1 Å². The van der Waals surface area contributed by atoms with Gasteiger partial charge in [-0.05, 0) is 53.1 Å². The number of nitrogens with zero attached hydrogens (tertiary/aromatic N) is 1. The Balaban J connectivity index is 1.21. The van der Waals surface area contributed by atoms with Crippen molar-refractivity contribution in [1.82, 2.24) is 10.2 Å². The molecule has 0 saturated carbocycles. The first kappa shape index (κ1) is 28.5. The summed E-state index contributed by atoms with van der Waals surface area (Å²) in [7, 11) is 1.74. The molecule has 0 spiro atoms. The lowest BCUT2D eigenvalue weighted by atomic mass is 9.98. The first-order chi connectivity index (χ1) is 20.3. The summed E-state index contributed by atoms with van der Waals surface area (Å²) in [6.45, 7) is 0.574. The van der Waals surface area contributed by atoms with E-state index in [9.17, 15) is 23.9 Å². The van der Waals surface area contributed by atoms with Crippen LogP contribution in [0.3, 0.4) is 0 Å². The number of carboxylic acid groups (broad SMARTS) is 1. The van der Waals surface area contributed by atoms with E-state index in [1.807, 2.05) is 78.9 Å². The van der Waals surface area contributed by atoms with Crippen LogP contribution in [0.1, 0.15) is 33.0 Å². The Hall–Kier alpha value is -5.02. The van der Waals surface area contributed by atoms with E-state index >= 15 is 0 Å². The minimum absolute atomic E-state index is 0.00504. The number of amides is 2. The van der Waals surface area contributed by atoms with Gasteiger partial charge in [0.1, 0.15) is 18.5 Å². The molecule has 0 heterocycles. The van der Waals surface area contributed by atoms with Crippen LogP contribution < -0.4 is 10.6 Å². The van der Waals surface area contributed by atoms with Gasteiger partial charge in [0.05, 0.1) is 0 Å². The van der Waals surface area contributed by atoms with Crippen molar-refractivity contribution < 1.29 is 28.6 Å². The summed E-state index contributed by atoms with van der Waals surface area (Å²) in [6.07, 6.45) is -0.806. The number of hydrogen-bond acceptors (Lipinski definition) is 5. The van der Waals surface area contributed by atoms with E-state index < -0.39 is 29.8 Å². The number of carbonyl (C=O) groups is 3. The molecule has 4 aromatic rings. The molecular formula is C33H30FN3O5. The number of ether oxygens (including phenoxy) is 1. The highest BCUT2D eigenvalue weighted by atomic mass is 19.1. The van der Waals surface area contributed by atoms with E-state index in [1.165, 1.54) is 6.07 Å². The van der Waals surface area contributed by atoms with Gasteiger partial charge in [0, 0.05) is 30.3 Å². The maximum Gasteiger partial charge on any atom is 0.411 e. The second-order valence-corrected chi connectivity index (χ2v) is 10.2. The summed E-state index contributed by atoms with van der Waals surface area (Å²) in [5.74, 6) is -2.93. The summed E-state index contributed by atoms with van der Waals surface area (Å²) < 4.78 is 20.0. The fourth-order valence-corrected chi connectivity index (χ4v) is 5.24. The molecule has 0 radical (unpaired) electrons. The molecule has 9 heteroatoms. The first-order valence-corrected chi connectivity index (χ1v) is 13.5. The molecule has 0 fully saturated rings. The first-order valence-electron chi connectivity index (χ1n) is 13.5. The molecule has 0 saturated heterocycles. The molecule has 2 amide bonds. The molecule has 8 nitrogen and oxygen atoms in total. The van der Waals surface area contributed by atoms with Crippen LogP contribution in [0.2, 0.25) is 0 Å². The van der Waals surface area contributed by atoms with Crippen LogP contribution in [0.15, 0.2) is 97.1 Å². The normalized spacial score (nSPS) is 12.7. The van der Waals surface area contributed by atoms with Crippen molar-refractivity contribution in [2.45, 2.75) is 18.5 Å². The number of anilines is 1. The SMILES string of the molecule is CN(Cc1ccccc1)CC(NC(=O)c1cc(F)cc(NC(=O)OCC2c3ccccc3-c3ccccc32)c1)C(=O)O. The number of hydrogen-bond donors (Lipinski definition) is 3. The minimum atomic E-state index is -1.24. The highest BCUT2D eigenvalue weighted by molar-refractivity contribution is 5.98. The molecule has 1 atom stereocenters. The Bertz CT molecular complexity index is 1570. The van der Waals surface area contributed by atoms with Crippen molar-refractivity contribution in [2.24, 2.45) is 0 Å². The standard InChI is InChI=1S/C33H30FN3O5/c1-37(18-21-9-3-2-4-10-21)19-30(32(39)40)36-31(38)22-15-23(34)17-24(16-22)35-33(41)42-20-29-27-13-7-5-11-25(27)26-12-6-8-14-28(26)29/h2-17,29-30H,18-20H2,1H3,(H,35,41)(H,36,38)(H,39,40). The van der Waals surface area contributed by atoms with Gasteiger partial charge in [-0.2, -0.15) is 0 Å². The van der Waals surface area contributed by atoms with Crippen molar-refractivity contribution in [3.05, 3.63) is 125 Å². The Labute approximate surface area is 242 Å². The van der Waals surface area contributed by atoms with Gasteiger partial charge in [0.15, 0.2) is 0 Å². The van der Waals surface area contributed by atoms with Crippen molar-refractivity contribution in [1.29, 1.82) is 0 Å². The Morgan fingerprint density at radius 2 is 1.52 bits per heavy atom. The Kier molecular flexibility index (Phi) is 8.59. The van der Waals surface area contributed by atoms with Crippen molar-refractivity contribution in [2.75, 3.05) is 25.5 Å². The van der Waals surface area contributed by atoms with Crippen LogP contribution >= 0.6 is 0 Å². The smallest absolute Gasteiger partial charge is 0.411 e. The highest BCUT2D eigenvalue weighted by Gasteiger charge is 2.29. The third kappa shape index (κ3) is 6.64. The van der Waals surface area contributed by atoms with Gasteiger partial charge < -0.3 is 15.2 Å². The molecule has 42 heavy (non-hydrogen) atoms. The summed E-state index contributed by atoms with van der Waals surface area (Å²) in [5, 5.41) is 14.6. The maximum absolute atomic E-state index is 14.5. The summed E-state index contributed by atoms with van der Waals surface area (Å²) in [6, 6.07) is 27.4. The van der Waals surface area contributed by atoms with Crippen LogP contribution in [0.5, 0.6) is 0 Å². The summed E-state index contributed by atoms with van der Waals surface area (Å²) >= 11 is 0. The van der Waals surface area contributed by atoms with Crippen LogP contribution in [0.4, 0.5) is 14.9 Å². The lowest BCUT2D eigenvalue weighted by Gasteiger charge is -2.22.